The molecule has 1 heterocycles. The molecule has 224 valence electrons. The first kappa shape index (κ1) is 32.0. The summed E-state index contributed by atoms with van der Waals surface area (Å²) in [5.41, 5.74) is 7.80. The van der Waals surface area contributed by atoms with E-state index in [4.69, 9.17) is 10.8 Å². The number of hydrogen-bond donors (Lipinski definition) is 9. The van der Waals surface area contributed by atoms with Gasteiger partial charge in [-0.05, 0) is 35.7 Å². The summed E-state index contributed by atoms with van der Waals surface area (Å²) in [5, 5.41) is 36.4. The van der Waals surface area contributed by atoms with Crippen molar-refractivity contribution in [3.05, 3.63) is 65.9 Å². The van der Waals surface area contributed by atoms with E-state index in [9.17, 15) is 34.2 Å². The normalized spacial score (nSPS) is 13.9. The van der Waals surface area contributed by atoms with Crippen LogP contribution in [-0.2, 0) is 36.8 Å². The highest BCUT2D eigenvalue weighted by molar-refractivity contribution is 7.80. The van der Waals surface area contributed by atoms with Gasteiger partial charge in [0.1, 0.15) is 23.9 Å². The predicted octanol–water partition coefficient (Wildman–Crippen LogP) is 0.320. The molecule has 2 aromatic carbocycles. The third-order valence-corrected chi connectivity index (χ3v) is 6.93. The van der Waals surface area contributed by atoms with E-state index in [2.05, 4.69) is 33.6 Å². The molecule has 9 N–H and O–H groups in total. The first-order valence-electron chi connectivity index (χ1n) is 13.0. The molecule has 0 spiro atoms. The Balaban J connectivity index is 1.90. The van der Waals surface area contributed by atoms with E-state index in [-0.39, 0.29) is 30.8 Å². The van der Waals surface area contributed by atoms with Crippen molar-refractivity contribution < 1.29 is 39.3 Å². The second-order valence-electron chi connectivity index (χ2n) is 9.68. The van der Waals surface area contributed by atoms with Crippen molar-refractivity contribution in [3.8, 4) is 5.75 Å². The van der Waals surface area contributed by atoms with E-state index in [1.165, 1.54) is 12.1 Å². The molecule has 0 aliphatic rings. The molecule has 0 bridgehead atoms. The number of benzene rings is 2. The summed E-state index contributed by atoms with van der Waals surface area (Å²) in [7, 11) is 0. The zero-order valence-corrected chi connectivity index (χ0v) is 23.3. The molecule has 4 unspecified atom stereocenters. The van der Waals surface area contributed by atoms with Crippen LogP contribution in [0.1, 0.15) is 24.0 Å². The van der Waals surface area contributed by atoms with Crippen LogP contribution in [-0.4, -0.2) is 79.9 Å². The van der Waals surface area contributed by atoms with E-state index < -0.39 is 60.2 Å². The molecule has 4 atom stereocenters. The standard InChI is InChI=1S/C28H33N5O8S/c29-19(14-42)25(37)32-22(11-15-5-7-17(34)8-6-15)26(38)33-23(12-16-13-30-20-4-2-1-3-18(16)20)27(39)31-21(28(40)41)9-10-24(35)36/h1-8,13,19,21-23,30,34,42H,9-12,14,29H2,(H,31,39)(H,32,37)(H,33,38)(H,35,36)(H,40,41). The number of nitrogens with two attached hydrogens (primary N) is 1. The van der Waals surface area contributed by atoms with Crippen molar-refractivity contribution in [1.29, 1.82) is 0 Å². The number of phenolic OH excluding ortho intramolecular Hbond substituents is 1. The fourth-order valence-electron chi connectivity index (χ4n) is 4.24. The van der Waals surface area contributed by atoms with Crippen LogP contribution in [0.5, 0.6) is 5.75 Å². The molecule has 3 aromatic rings. The van der Waals surface area contributed by atoms with Gasteiger partial charge in [0, 0.05) is 42.1 Å². The van der Waals surface area contributed by atoms with Crippen LogP contribution in [0, 0.1) is 0 Å². The zero-order chi connectivity index (χ0) is 30.8. The Morgan fingerprint density at radius 2 is 1.43 bits per heavy atom. The van der Waals surface area contributed by atoms with Gasteiger partial charge in [0.25, 0.3) is 0 Å². The van der Waals surface area contributed by atoms with Crippen molar-refractivity contribution >= 4 is 53.2 Å². The lowest BCUT2D eigenvalue weighted by Gasteiger charge is -2.25. The highest BCUT2D eigenvalue weighted by Gasteiger charge is 2.31. The molecule has 0 radical (unpaired) electrons. The SMILES string of the molecule is NC(CS)C(=O)NC(Cc1ccc(O)cc1)C(=O)NC(Cc1c[nH]c2ccccc12)C(=O)NC(CCC(=O)O)C(=O)O. The first-order chi connectivity index (χ1) is 20.0. The molecule has 0 fully saturated rings. The second kappa shape index (κ2) is 14.9. The van der Waals surface area contributed by atoms with E-state index in [0.29, 0.717) is 11.1 Å². The number of carbonyl (C=O) groups is 5. The Bertz CT molecular complexity index is 1430. The number of aliphatic carboxylic acids is 2. The second-order valence-corrected chi connectivity index (χ2v) is 10.0. The minimum Gasteiger partial charge on any atom is -0.508 e. The number of phenols is 1. The molecule has 13 nitrogen and oxygen atoms in total. The molecule has 0 saturated heterocycles. The van der Waals surface area contributed by atoms with Crippen LogP contribution in [0.2, 0.25) is 0 Å². The number of carboxylic acid groups (broad SMARTS) is 2. The predicted molar refractivity (Wildman–Crippen MR) is 156 cm³/mol. The number of aromatic amines is 1. The van der Waals surface area contributed by atoms with Crippen LogP contribution in [0.15, 0.2) is 54.7 Å². The lowest BCUT2D eigenvalue weighted by molar-refractivity contribution is -0.143. The fourth-order valence-corrected chi connectivity index (χ4v) is 4.40. The van der Waals surface area contributed by atoms with Crippen molar-refractivity contribution in [2.45, 2.75) is 49.9 Å². The Kier molecular flexibility index (Phi) is 11.3. The smallest absolute Gasteiger partial charge is 0.326 e. The Morgan fingerprint density at radius 3 is 2.05 bits per heavy atom. The summed E-state index contributed by atoms with van der Waals surface area (Å²) < 4.78 is 0. The Hall–Kier alpha value is -4.56. The van der Waals surface area contributed by atoms with Crippen molar-refractivity contribution in [3.63, 3.8) is 0 Å². The van der Waals surface area contributed by atoms with E-state index in [1.807, 2.05) is 18.2 Å². The van der Waals surface area contributed by atoms with Crippen LogP contribution < -0.4 is 21.7 Å². The molecule has 0 aliphatic heterocycles. The van der Waals surface area contributed by atoms with Gasteiger partial charge in [-0.25, -0.2) is 4.79 Å². The number of carboxylic acids is 2. The summed E-state index contributed by atoms with van der Waals surface area (Å²) in [6.07, 6.45) is 0.726. The molecule has 3 amide bonds. The Labute approximate surface area is 246 Å². The number of thiol groups is 1. The van der Waals surface area contributed by atoms with Crippen LogP contribution in [0.3, 0.4) is 0 Å². The minimum atomic E-state index is -1.52. The first-order valence-corrected chi connectivity index (χ1v) is 13.7. The fraction of sp³-hybridized carbons (Fsp3) is 0.321. The molecule has 1 aromatic heterocycles. The molecular weight excluding hydrogens is 566 g/mol. The lowest BCUT2D eigenvalue weighted by atomic mass is 10.0. The average Bonchev–Trinajstić information content (AvgIpc) is 3.37. The number of H-pyrrole nitrogens is 1. The third kappa shape index (κ3) is 8.97. The highest BCUT2D eigenvalue weighted by atomic mass is 32.1. The van der Waals surface area contributed by atoms with Crippen molar-refractivity contribution in [2.75, 3.05) is 5.75 Å². The zero-order valence-electron chi connectivity index (χ0n) is 22.4. The van der Waals surface area contributed by atoms with Gasteiger partial charge < -0.3 is 42.0 Å². The number of hydrogen-bond acceptors (Lipinski definition) is 8. The Morgan fingerprint density at radius 1 is 0.833 bits per heavy atom. The number of amides is 3. The van der Waals surface area contributed by atoms with Crippen molar-refractivity contribution in [1.82, 2.24) is 20.9 Å². The van der Waals surface area contributed by atoms with E-state index in [1.54, 1.807) is 24.4 Å². The van der Waals surface area contributed by atoms with Crippen LogP contribution in [0.25, 0.3) is 10.9 Å². The summed E-state index contributed by atoms with van der Waals surface area (Å²) in [6.45, 7) is 0. The summed E-state index contributed by atoms with van der Waals surface area (Å²) in [4.78, 5) is 65.4. The number of rotatable bonds is 15. The average molecular weight is 600 g/mol. The number of para-hydroxylation sites is 1. The van der Waals surface area contributed by atoms with E-state index >= 15 is 0 Å². The summed E-state index contributed by atoms with van der Waals surface area (Å²) in [6, 6.07) is 8.20. The third-order valence-electron chi connectivity index (χ3n) is 6.54. The number of aromatic nitrogens is 1. The van der Waals surface area contributed by atoms with Gasteiger partial charge in [0.15, 0.2) is 0 Å². The quantitative estimate of drug-likeness (QED) is 0.110. The van der Waals surface area contributed by atoms with Gasteiger partial charge in [-0.1, -0.05) is 30.3 Å². The maximum Gasteiger partial charge on any atom is 0.326 e. The van der Waals surface area contributed by atoms with Gasteiger partial charge in [0.2, 0.25) is 17.7 Å². The number of fused-ring (bicyclic) bond motifs is 1. The largest absolute Gasteiger partial charge is 0.508 e. The van der Waals surface area contributed by atoms with Crippen molar-refractivity contribution in [2.24, 2.45) is 5.73 Å². The maximum absolute atomic E-state index is 13.6. The topological polar surface area (TPSA) is 224 Å². The van der Waals surface area contributed by atoms with Gasteiger partial charge >= 0.3 is 11.9 Å². The monoisotopic (exact) mass is 599 g/mol. The molecule has 3 rings (SSSR count). The molecular formula is C28H33N5O8S. The summed E-state index contributed by atoms with van der Waals surface area (Å²) in [5.74, 6) is -4.90. The molecule has 42 heavy (non-hydrogen) atoms. The van der Waals surface area contributed by atoms with E-state index in [0.717, 1.165) is 10.9 Å². The van der Waals surface area contributed by atoms with Gasteiger partial charge in [-0.15, -0.1) is 0 Å². The molecule has 14 heteroatoms. The van der Waals surface area contributed by atoms with Gasteiger partial charge in [0.05, 0.1) is 6.04 Å². The number of aromatic hydroxyl groups is 1. The molecule has 0 saturated carbocycles. The van der Waals surface area contributed by atoms with Crippen LogP contribution in [0.4, 0.5) is 0 Å². The number of carbonyl (C=O) groups excluding carboxylic acids is 3. The lowest BCUT2D eigenvalue weighted by Crippen LogP contribution is -2.58. The maximum atomic E-state index is 13.6. The highest BCUT2D eigenvalue weighted by Crippen LogP contribution is 2.20. The molecule has 0 aliphatic carbocycles. The minimum absolute atomic E-state index is 0.00669. The van der Waals surface area contributed by atoms with Crippen LogP contribution >= 0.6 is 12.6 Å². The van der Waals surface area contributed by atoms with Gasteiger partial charge in [-0.3, -0.25) is 19.2 Å². The summed E-state index contributed by atoms with van der Waals surface area (Å²) >= 11 is 4.02. The van der Waals surface area contributed by atoms with Gasteiger partial charge in [-0.2, -0.15) is 12.6 Å². The number of nitrogens with one attached hydrogen (secondary N) is 4.